The lowest BCUT2D eigenvalue weighted by molar-refractivity contribution is 0.134. The van der Waals surface area contributed by atoms with Gasteiger partial charge in [-0.05, 0) is 24.1 Å². The lowest BCUT2D eigenvalue weighted by atomic mass is 9.98. The zero-order valence-electron chi connectivity index (χ0n) is 12.4. The third kappa shape index (κ3) is 4.16. The zero-order valence-corrected chi connectivity index (χ0v) is 13.2. The number of aliphatic hydroxyl groups is 1. The smallest absolute Gasteiger partial charge is 0.203 e. The molecule has 0 aliphatic rings. The molecule has 0 aliphatic heterocycles. The van der Waals surface area contributed by atoms with E-state index < -0.39 is 12.1 Å². The third-order valence-corrected chi connectivity index (χ3v) is 3.07. The van der Waals surface area contributed by atoms with Crippen LogP contribution in [0, 0.1) is 0 Å². The van der Waals surface area contributed by atoms with Crippen molar-refractivity contribution in [1.29, 1.82) is 0 Å². The molecule has 0 aliphatic carbocycles. The van der Waals surface area contributed by atoms with Gasteiger partial charge in [0.15, 0.2) is 11.5 Å². The predicted molar refractivity (Wildman–Crippen MR) is 81.2 cm³/mol. The van der Waals surface area contributed by atoms with Crippen LogP contribution in [0.4, 0.5) is 0 Å². The minimum Gasteiger partial charge on any atom is -0.493 e. The second-order valence-electron chi connectivity index (χ2n) is 4.34. The van der Waals surface area contributed by atoms with E-state index in [-0.39, 0.29) is 12.4 Å². The number of ether oxygens (including phenoxy) is 3. The fourth-order valence-corrected chi connectivity index (χ4v) is 1.99. The Balaban J connectivity index is 0.00000361. The van der Waals surface area contributed by atoms with E-state index in [4.69, 9.17) is 19.9 Å². The van der Waals surface area contributed by atoms with Gasteiger partial charge < -0.3 is 25.1 Å². The summed E-state index contributed by atoms with van der Waals surface area (Å²) in [6, 6.07) is 3.06. The fourth-order valence-electron chi connectivity index (χ4n) is 1.99. The van der Waals surface area contributed by atoms with Gasteiger partial charge in [-0.1, -0.05) is 13.3 Å². The molecule has 5 nitrogen and oxygen atoms in total. The molecule has 0 saturated carbocycles. The van der Waals surface area contributed by atoms with Crippen molar-refractivity contribution in [2.75, 3.05) is 21.3 Å². The van der Waals surface area contributed by atoms with Crippen LogP contribution >= 0.6 is 12.4 Å². The highest BCUT2D eigenvalue weighted by molar-refractivity contribution is 5.85. The molecule has 20 heavy (non-hydrogen) atoms. The lowest BCUT2D eigenvalue weighted by Gasteiger charge is -2.21. The Hall–Kier alpha value is -1.17. The minimum atomic E-state index is -0.590. The van der Waals surface area contributed by atoms with Crippen LogP contribution in [-0.2, 0) is 0 Å². The lowest BCUT2D eigenvalue weighted by Crippen LogP contribution is -2.26. The van der Waals surface area contributed by atoms with Crippen molar-refractivity contribution in [3.05, 3.63) is 17.7 Å². The van der Waals surface area contributed by atoms with E-state index in [2.05, 4.69) is 0 Å². The van der Waals surface area contributed by atoms with E-state index in [9.17, 15) is 5.11 Å². The van der Waals surface area contributed by atoms with Gasteiger partial charge in [0.2, 0.25) is 5.75 Å². The Bertz CT molecular complexity index is 389. The summed E-state index contributed by atoms with van der Waals surface area (Å²) in [4.78, 5) is 0. The fraction of sp³-hybridized carbons (Fsp3) is 0.571. The molecule has 3 N–H and O–H groups in total. The van der Waals surface area contributed by atoms with Crippen molar-refractivity contribution in [2.24, 2.45) is 5.73 Å². The van der Waals surface area contributed by atoms with Crippen LogP contribution in [-0.4, -0.2) is 32.5 Å². The highest BCUT2D eigenvalue weighted by Crippen LogP contribution is 2.39. The second kappa shape index (κ2) is 8.89. The van der Waals surface area contributed by atoms with Crippen molar-refractivity contribution in [3.8, 4) is 17.2 Å². The van der Waals surface area contributed by atoms with Crippen LogP contribution < -0.4 is 19.9 Å². The van der Waals surface area contributed by atoms with Gasteiger partial charge in [-0.3, -0.25) is 0 Å². The second-order valence-corrected chi connectivity index (χ2v) is 4.34. The topological polar surface area (TPSA) is 73.9 Å². The SMILES string of the molecule is CCC[C@@H](O)[C@@H](N)c1cc(OC)c(OC)c(OC)c1.Cl. The van der Waals surface area contributed by atoms with Gasteiger partial charge in [0, 0.05) is 0 Å². The minimum absolute atomic E-state index is 0. The summed E-state index contributed by atoms with van der Waals surface area (Å²) >= 11 is 0. The number of halogens is 1. The van der Waals surface area contributed by atoms with Crippen molar-refractivity contribution in [3.63, 3.8) is 0 Å². The van der Waals surface area contributed by atoms with Gasteiger partial charge in [0.1, 0.15) is 0 Å². The molecule has 0 radical (unpaired) electrons. The van der Waals surface area contributed by atoms with Crippen molar-refractivity contribution in [1.82, 2.24) is 0 Å². The van der Waals surface area contributed by atoms with Crippen molar-refractivity contribution in [2.45, 2.75) is 31.9 Å². The molecule has 0 bridgehead atoms. The molecule has 0 spiro atoms. The Kier molecular flexibility index (Phi) is 8.37. The Morgan fingerprint density at radius 1 is 1.10 bits per heavy atom. The van der Waals surface area contributed by atoms with Gasteiger partial charge in [0.25, 0.3) is 0 Å². The summed E-state index contributed by atoms with van der Waals surface area (Å²) < 4.78 is 15.8. The first-order valence-corrected chi connectivity index (χ1v) is 6.32. The molecule has 0 aromatic heterocycles. The summed E-state index contributed by atoms with van der Waals surface area (Å²) in [5.41, 5.74) is 6.82. The molecular formula is C14H24ClNO4. The number of hydrogen-bond acceptors (Lipinski definition) is 5. The highest BCUT2D eigenvalue weighted by Gasteiger charge is 2.21. The Labute approximate surface area is 126 Å². The van der Waals surface area contributed by atoms with Gasteiger partial charge in [-0.15, -0.1) is 12.4 Å². The molecule has 6 heteroatoms. The molecular weight excluding hydrogens is 282 g/mol. The van der Waals surface area contributed by atoms with Crippen LogP contribution in [0.1, 0.15) is 31.4 Å². The monoisotopic (exact) mass is 305 g/mol. The number of hydrogen-bond donors (Lipinski definition) is 2. The van der Waals surface area contributed by atoms with Crippen LogP contribution in [0.25, 0.3) is 0 Å². The standard InChI is InChI=1S/C14H23NO4.ClH/c1-5-6-10(16)13(15)9-7-11(17-2)14(19-4)12(8-9)18-3;/h7-8,10,13,16H,5-6,15H2,1-4H3;1H/t10-,13+;/m1./s1. The summed E-state index contributed by atoms with van der Waals surface area (Å²) in [6.07, 6.45) is 0.935. The van der Waals surface area contributed by atoms with E-state index in [0.717, 1.165) is 12.0 Å². The molecule has 0 amide bonds. The Morgan fingerprint density at radius 2 is 1.60 bits per heavy atom. The first kappa shape index (κ1) is 18.8. The van der Waals surface area contributed by atoms with Crippen molar-refractivity contribution >= 4 is 12.4 Å². The van der Waals surface area contributed by atoms with E-state index >= 15 is 0 Å². The summed E-state index contributed by atoms with van der Waals surface area (Å²) in [7, 11) is 4.65. The van der Waals surface area contributed by atoms with Gasteiger partial charge >= 0.3 is 0 Å². The zero-order chi connectivity index (χ0) is 14.4. The molecule has 0 heterocycles. The van der Waals surface area contributed by atoms with Gasteiger partial charge in [0.05, 0.1) is 33.5 Å². The number of benzene rings is 1. The van der Waals surface area contributed by atoms with Crippen LogP contribution in [0.3, 0.4) is 0 Å². The number of nitrogens with two attached hydrogens (primary N) is 1. The molecule has 1 aromatic carbocycles. The molecule has 0 unspecified atom stereocenters. The number of rotatable bonds is 7. The number of aliphatic hydroxyl groups excluding tert-OH is 1. The summed E-state index contributed by atoms with van der Waals surface area (Å²) in [5.74, 6) is 1.60. The van der Waals surface area contributed by atoms with Gasteiger partial charge in [-0.2, -0.15) is 0 Å². The third-order valence-electron chi connectivity index (χ3n) is 3.07. The summed E-state index contributed by atoms with van der Waals surface area (Å²) in [6.45, 7) is 2.01. The maximum Gasteiger partial charge on any atom is 0.203 e. The average Bonchev–Trinajstić information content (AvgIpc) is 2.44. The van der Waals surface area contributed by atoms with Crippen molar-refractivity contribution < 1.29 is 19.3 Å². The molecule has 116 valence electrons. The Morgan fingerprint density at radius 3 is 1.95 bits per heavy atom. The molecule has 0 saturated heterocycles. The van der Waals surface area contributed by atoms with Crippen LogP contribution in [0.15, 0.2) is 12.1 Å². The van der Waals surface area contributed by atoms with Gasteiger partial charge in [-0.25, -0.2) is 0 Å². The first-order valence-electron chi connectivity index (χ1n) is 6.32. The normalized spacial score (nSPS) is 13.1. The predicted octanol–water partition coefficient (Wildman–Crippen LogP) is 2.30. The molecule has 1 aromatic rings. The average molecular weight is 306 g/mol. The van der Waals surface area contributed by atoms with Crippen LogP contribution in [0.5, 0.6) is 17.2 Å². The van der Waals surface area contributed by atoms with E-state index in [1.54, 1.807) is 33.5 Å². The maximum atomic E-state index is 9.99. The maximum absolute atomic E-state index is 9.99. The largest absolute Gasteiger partial charge is 0.493 e. The first-order chi connectivity index (χ1) is 9.08. The molecule has 1 rings (SSSR count). The summed E-state index contributed by atoms with van der Waals surface area (Å²) in [5, 5.41) is 9.99. The molecule has 0 fully saturated rings. The quantitative estimate of drug-likeness (QED) is 0.808. The van der Waals surface area contributed by atoms with E-state index in [1.807, 2.05) is 6.92 Å². The van der Waals surface area contributed by atoms with E-state index in [1.165, 1.54) is 0 Å². The number of methoxy groups -OCH3 is 3. The van der Waals surface area contributed by atoms with Crippen LogP contribution in [0.2, 0.25) is 0 Å². The highest BCUT2D eigenvalue weighted by atomic mass is 35.5. The van der Waals surface area contributed by atoms with E-state index in [0.29, 0.717) is 23.7 Å². The molecule has 2 atom stereocenters.